The Morgan fingerprint density at radius 3 is 2.51 bits per heavy atom. The summed E-state index contributed by atoms with van der Waals surface area (Å²) in [5.41, 5.74) is 5.50. The fraction of sp³-hybridized carbons (Fsp3) is 0.484. The van der Waals surface area contributed by atoms with E-state index >= 15 is 0 Å². The topological polar surface area (TPSA) is 44.7 Å². The molecule has 35 heavy (non-hydrogen) atoms. The van der Waals surface area contributed by atoms with Crippen molar-refractivity contribution >= 4 is 0 Å². The second-order valence-corrected chi connectivity index (χ2v) is 10.8. The van der Waals surface area contributed by atoms with E-state index in [0.717, 1.165) is 44.5 Å². The number of nitrogens with one attached hydrogen (secondary N) is 1. The second kappa shape index (κ2) is 11.0. The summed E-state index contributed by atoms with van der Waals surface area (Å²) in [7, 11) is 3.79. The largest absolute Gasteiger partial charge is 0.508 e. The molecule has 0 amide bonds. The van der Waals surface area contributed by atoms with Gasteiger partial charge >= 0.3 is 0 Å². The van der Waals surface area contributed by atoms with Crippen LogP contribution in [0.2, 0.25) is 0 Å². The molecule has 188 valence electrons. The lowest BCUT2D eigenvalue weighted by Gasteiger charge is -2.41. The van der Waals surface area contributed by atoms with Gasteiger partial charge in [-0.2, -0.15) is 0 Å². The lowest BCUT2D eigenvalue weighted by molar-refractivity contribution is 0.147. The number of phenols is 1. The van der Waals surface area contributed by atoms with Crippen molar-refractivity contribution in [1.82, 2.24) is 10.2 Å². The summed E-state index contributed by atoms with van der Waals surface area (Å²) in [6, 6.07) is 15.3. The van der Waals surface area contributed by atoms with Gasteiger partial charge in [0, 0.05) is 18.1 Å². The highest BCUT2D eigenvalue weighted by Crippen LogP contribution is 2.38. The van der Waals surface area contributed by atoms with E-state index in [2.05, 4.69) is 79.5 Å². The maximum Gasteiger partial charge on any atom is 0.116 e. The number of likely N-dealkylation sites (N-methyl/N-ethyl adjacent to an activating group) is 2. The van der Waals surface area contributed by atoms with Crippen LogP contribution in [-0.4, -0.2) is 42.3 Å². The first-order chi connectivity index (χ1) is 16.8. The van der Waals surface area contributed by atoms with E-state index in [9.17, 15) is 5.11 Å². The molecule has 0 radical (unpaired) electrons. The summed E-state index contributed by atoms with van der Waals surface area (Å²) in [6.07, 6.45) is 11.1. The number of fused-ring (bicyclic) bond motifs is 1. The van der Waals surface area contributed by atoms with Crippen molar-refractivity contribution in [2.75, 3.05) is 20.7 Å². The molecule has 0 spiro atoms. The average molecular weight is 475 g/mol. The van der Waals surface area contributed by atoms with Gasteiger partial charge in [0.05, 0.1) is 7.11 Å². The number of benzene rings is 2. The zero-order valence-corrected chi connectivity index (χ0v) is 22.1. The van der Waals surface area contributed by atoms with Crippen molar-refractivity contribution in [2.24, 2.45) is 11.8 Å². The number of methoxy groups -OCH3 is 1. The average Bonchev–Trinajstić information content (AvgIpc) is 2.87. The van der Waals surface area contributed by atoms with Crippen LogP contribution in [0.5, 0.6) is 5.75 Å². The molecule has 2 aromatic rings. The molecule has 0 saturated heterocycles. The number of allylic oxidation sites excluding steroid dienone is 1. The third kappa shape index (κ3) is 6.17. The minimum Gasteiger partial charge on any atom is -0.508 e. The first-order valence-corrected chi connectivity index (χ1v) is 13.1. The minimum absolute atomic E-state index is 0.0946. The molecule has 2 unspecified atom stereocenters. The van der Waals surface area contributed by atoms with Crippen LogP contribution >= 0.6 is 0 Å². The third-order valence-corrected chi connectivity index (χ3v) is 8.01. The van der Waals surface area contributed by atoms with E-state index in [1.54, 1.807) is 7.11 Å². The van der Waals surface area contributed by atoms with Crippen LogP contribution in [0.15, 0.2) is 66.5 Å². The fourth-order valence-corrected chi connectivity index (χ4v) is 5.70. The van der Waals surface area contributed by atoms with Crippen LogP contribution in [0.3, 0.4) is 0 Å². The summed E-state index contributed by atoms with van der Waals surface area (Å²) in [5.74, 6) is 2.34. The molecule has 2 aliphatic carbocycles. The predicted molar refractivity (Wildman–Crippen MR) is 145 cm³/mol. The molecular formula is C31H42N2O2. The van der Waals surface area contributed by atoms with Crippen molar-refractivity contribution in [3.05, 3.63) is 88.7 Å². The molecule has 2 aliphatic rings. The van der Waals surface area contributed by atoms with Crippen LogP contribution in [0.4, 0.5) is 0 Å². The molecule has 0 aromatic heterocycles. The first-order valence-electron chi connectivity index (χ1n) is 13.1. The van der Waals surface area contributed by atoms with Crippen LogP contribution in [-0.2, 0) is 30.5 Å². The number of aryl methyl sites for hydroxylation is 1. The Balaban J connectivity index is 1.51. The molecule has 2 aromatic carbocycles. The van der Waals surface area contributed by atoms with Crippen LogP contribution in [0.25, 0.3) is 0 Å². The minimum atomic E-state index is 0.0946. The van der Waals surface area contributed by atoms with Gasteiger partial charge in [0.15, 0.2) is 0 Å². The van der Waals surface area contributed by atoms with Gasteiger partial charge in [-0.15, -0.1) is 0 Å². The Kier molecular flexibility index (Phi) is 8.03. The van der Waals surface area contributed by atoms with Crippen molar-refractivity contribution < 1.29 is 9.84 Å². The fourth-order valence-electron chi connectivity index (χ4n) is 5.70. The Bertz CT molecular complexity index is 1050. The van der Waals surface area contributed by atoms with Gasteiger partial charge in [0.1, 0.15) is 11.5 Å². The molecule has 3 atom stereocenters. The number of hydrogen-bond donors (Lipinski definition) is 2. The Morgan fingerprint density at radius 2 is 1.83 bits per heavy atom. The highest BCUT2D eigenvalue weighted by molar-refractivity contribution is 5.37. The molecule has 0 aliphatic heterocycles. The maximum absolute atomic E-state index is 9.89. The third-order valence-electron chi connectivity index (χ3n) is 8.01. The van der Waals surface area contributed by atoms with E-state index in [0.29, 0.717) is 23.6 Å². The Hall–Kier alpha value is -2.56. The van der Waals surface area contributed by atoms with Gasteiger partial charge in [0.2, 0.25) is 0 Å². The summed E-state index contributed by atoms with van der Waals surface area (Å²) in [5, 5.41) is 13.3. The van der Waals surface area contributed by atoms with E-state index in [-0.39, 0.29) is 5.54 Å². The number of rotatable bonds is 9. The van der Waals surface area contributed by atoms with E-state index < -0.39 is 0 Å². The van der Waals surface area contributed by atoms with Crippen molar-refractivity contribution in [2.45, 2.75) is 64.6 Å². The summed E-state index contributed by atoms with van der Waals surface area (Å²) in [6.45, 7) is 8.64. The van der Waals surface area contributed by atoms with Gasteiger partial charge in [0.25, 0.3) is 0 Å². The number of ether oxygens (including phenoxy) is 1. The van der Waals surface area contributed by atoms with Crippen molar-refractivity contribution in [3.8, 4) is 5.75 Å². The standard InChI is InChI=1S/C31H42N2O2/c1-6-33(21-23-9-7-22(8-10-23)20-31(2,3)32-4)30-19-28(35-5)15-16-29(30)26-12-11-25-18-27(34)14-13-24(25)17-26/h7-10,13-16,18-19,26,29-30,32,34H,6,11-12,17,20-21H2,1-5H3/t26-,29?,30?/m1/s1. The molecule has 0 bridgehead atoms. The first kappa shape index (κ1) is 25.5. The Morgan fingerprint density at radius 1 is 1.09 bits per heavy atom. The molecule has 2 N–H and O–H groups in total. The van der Waals surface area contributed by atoms with E-state index in [1.807, 2.05) is 19.2 Å². The second-order valence-electron chi connectivity index (χ2n) is 10.8. The van der Waals surface area contributed by atoms with Gasteiger partial charge in [-0.3, -0.25) is 4.90 Å². The number of nitrogens with zero attached hydrogens (tertiary/aromatic N) is 1. The van der Waals surface area contributed by atoms with Gasteiger partial charge in [-0.05, 0) is 111 Å². The van der Waals surface area contributed by atoms with Gasteiger partial charge in [-0.25, -0.2) is 0 Å². The number of hydrogen-bond acceptors (Lipinski definition) is 4. The molecule has 0 saturated carbocycles. The number of aromatic hydroxyl groups is 1. The summed E-state index contributed by atoms with van der Waals surface area (Å²) < 4.78 is 5.66. The highest BCUT2D eigenvalue weighted by Gasteiger charge is 2.34. The molecule has 0 heterocycles. The van der Waals surface area contributed by atoms with E-state index in [4.69, 9.17) is 4.74 Å². The molecule has 0 fully saturated rings. The normalized spacial score (nSPS) is 22.1. The van der Waals surface area contributed by atoms with E-state index in [1.165, 1.54) is 22.3 Å². The molecule has 4 nitrogen and oxygen atoms in total. The predicted octanol–water partition coefficient (Wildman–Crippen LogP) is 5.64. The lowest BCUT2D eigenvalue weighted by atomic mass is 9.72. The Labute approximate surface area is 211 Å². The van der Waals surface area contributed by atoms with Crippen LogP contribution in [0, 0.1) is 11.8 Å². The lowest BCUT2D eigenvalue weighted by Crippen LogP contribution is -2.43. The molecule has 4 rings (SSSR count). The van der Waals surface area contributed by atoms with Crippen molar-refractivity contribution in [3.63, 3.8) is 0 Å². The SMILES string of the molecule is CCN(Cc1ccc(CC(C)(C)NC)cc1)C1C=C(OC)C=CC1[C@@H]1CCc2cc(O)ccc2C1. The van der Waals surface area contributed by atoms with Gasteiger partial charge < -0.3 is 15.2 Å². The van der Waals surface area contributed by atoms with Crippen molar-refractivity contribution in [1.29, 1.82) is 0 Å². The summed E-state index contributed by atoms with van der Waals surface area (Å²) in [4.78, 5) is 2.59. The zero-order chi connectivity index (χ0) is 25.0. The molecule has 4 heteroatoms. The van der Waals surface area contributed by atoms with Crippen LogP contribution < -0.4 is 5.32 Å². The quantitative estimate of drug-likeness (QED) is 0.493. The zero-order valence-electron chi connectivity index (χ0n) is 22.1. The summed E-state index contributed by atoms with van der Waals surface area (Å²) >= 11 is 0. The monoisotopic (exact) mass is 474 g/mol. The van der Waals surface area contributed by atoms with Crippen LogP contribution in [0.1, 0.15) is 49.4 Å². The number of phenolic OH excluding ortho intramolecular Hbond substituents is 1. The van der Waals surface area contributed by atoms with Gasteiger partial charge in [-0.1, -0.05) is 43.3 Å². The highest BCUT2D eigenvalue weighted by atomic mass is 16.5. The maximum atomic E-state index is 9.89. The molecular weight excluding hydrogens is 432 g/mol. The smallest absolute Gasteiger partial charge is 0.116 e.